The Hall–Kier alpha value is -2.33. The fourth-order valence-electron chi connectivity index (χ4n) is 2.27. The summed E-state index contributed by atoms with van der Waals surface area (Å²) in [6.45, 7) is 1.90. The molecule has 0 saturated heterocycles. The molecule has 2 aromatic carbocycles. The Balaban J connectivity index is 1.79. The van der Waals surface area contributed by atoms with Crippen molar-refractivity contribution in [3.8, 4) is 0 Å². The number of rotatable bonds is 4. The molecular formula is C18H17FN2S. The van der Waals surface area contributed by atoms with Crippen LogP contribution in [0.1, 0.15) is 5.56 Å². The molecule has 1 N–H and O–H groups in total. The number of aryl methyl sites for hydroxylation is 1. The number of halogens is 1. The zero-order valence-corrected chi connectivity index (χ0v) is 13.3. The highest BCUT2D eigenvalue weighted by Crippen LogP contribution is 2.33. The van der Waals surface area contributed by atoms with E-state index in [9.17, 15) is 4.39 Å². The topological polar surface area (TPSA) is 15.3 Å². The average Bonchev–Trinajstić information content (AvgIpc) is 2.99. The molecule has 0 aliphatic heterocycles. The maximum atomic E-state index is 13.2. The quantitative estimate of drug-likeness (QED) is 0.664. The van der Waals surface area contributed by atoms with Crippen LogP contribution in [0.5, 0.6) is 0 Å². The van der Waals surface area contributed by atoms with Gasteiger partial charge in [0.2, 0.25) is 0 Å². The summed E-state index contributed by atoms with van der Waals surface area (Å²) in [5.41, 5.74) is 4.09. The van der Waals surface area contributed by atoms with E-state index in [4.69, 9.17) is 0 Å². The molecule has 0 spiro atoms. The molecule has 0 radical (unpaired) electrons. The Bertz CT molecular complexity index is 768. The minimum Gasteiger partial charge on any atom is -0.347 e. The van der Waals surface area contributed by atoms with Crippen molar-refractivity contribution in [1.82, 2.24) is 0 Å². The third-order valence-corrected chi connectivity index (χ3v) is 4.40. The van der Waals surface area contributed by atoms with Gasteiger partial charge in [0.1, 0.15) is 5.82 Å². The number of anilines is 4. The standard InChI is InChI=1S/C18H17FN2S/c1-13-10-14(19)8-9-17(13)20-18-11-16(12-22-18)21(2)15-6-4-3-5-7-15/h3-12,20H,1-2H3. The van der Waals surface area contributed by atoms with Gasteiger partial charge in [-0.1, -0.05) is 18.2 Å². The number of hydrogen-bond donors (Lipinski definition) is 1. The van der Waals surface area contributed by atoms with Crippen LogP contribution < -0.4 is 10.2 Å². The van der Waals surface area contributed by atoms with Gasteiger partial charge in [0.15, 0.2) is 0 Å². The van der Waals surface area contributed by atoms with E-state index in [1.807, 2.05) is 32.2 Å². The van der Waals surface area contributed by atoms with Crippen molar-refractivity contribution >= 4 is 33.4 Å². The first kappa shape index (κ1) is 14.6. The maximum absolute atomic E-state index is 13.2. The molecule has 3 aromatic rings. The molecule has 0 aliphatic rings. The highest BCUT2D eigenvalue weighted by Gasteiger charge is 2.08. The van der Waals surface area contributed by atoms with E-state index in [2.05, 4.69) is 33.8 Å². The zero-order chi connectivity index (χ0) is 15.5. The van der Waals surface area contributed by atoms with Gasteiger partial charge in [-0.25, -0.2) is 4.39 Å². The van der Waals surface area contributed by atoms with E-state index >= 15 is 0 Å². The molecule has 0 unspecified atom stereocenters. The molecule has 22 heavy (non-hydrogen) atoms. The van der Waals surface area contributed by atoms with Crippen LogP contribution in [0.15, 0.2) is 60.0 Å². The normalized spacial score (nSPS) is 10.5. The molecule has 4 heteroatoms. The number of para-hydroxylation sites is 1. The fourth-order valence-corrected chi connectivity index (χ4v) is 3.10. The van der Waals surface area contributed by atoms with Crippen molar-refractivity contribution < 1.29 is 4.39 Å². The third-order valence-electron chi connectivity index (χ3n) is 3.56. The van der Waals surface area contributed by atoms with Gasteiger partial charge in [0.05, 0.1) is 10.7 Å². The Kier molecular flexibility index (Phi) is 4.11. The SMILES string of the molecule is Cc1cc(F)ccc1Nc1cc(N(C)c2ccccc2)cs1. The van der Waals surface area contributed by atoms with Crippen LogP contribution in [0.25, 0.3) is 0 Å². The summed E-state index contributed by atoms with van der Waals surface area (Å²) in [6, 6.07) is 17.1. The molecular weight excluding hydrogens is 295 g/mol. The predicted octanol–water partition coefficient (Wildman–Crippen LogP) is 5.71. The summed E-state index contributed by atoms with van der Waals surface area (Å²) in [7, 11) is 2.05. The molecule has 2 nitrogen and oxygen atoms in total. The molecule has 3 rings (SSSR count). The minimum absolute atomic E-state index is 0.210. The molecule has 0 fully saturated rings. The number of nitrogens with one attached hydrogen (secondary N) is 1. The first-order valence-electron chi connectivity index (χ1n) is 7.04. The molecule has 0 amide bonds. The monoisotopic (exact) mass is 312 g/mol. The minimum atomic E-state index is -0.210. The van der Waals surface area contributed by atoms with E-state index in [-0.39, 0.29) is 5.82 Å². The highest BCUT2D eigenvalue weighted by atomic mass is 32.1. The van der Waals surface area contributed by atoms with Crippen molar-refractivity contribution in [2.24, 2.45) is 0 Å². The number of thiophene rings is 1. The predicted molar refractivity (Wildman–Crippen MR) is 93.2 cm³/mol. The lowest BCUT2D eigenvalue weighted by Crippen LogP contribution is -2.07. The van der Waals surface area contributed by atoms with Gasteiger partial charge < -0.3 is 10.2 Å². The van der Waals surface area contributed by atoms with Gasteiger partial charge in [-0.2, -0.15) is 0 Å². The number of benzene rings is 2. The van der Waals surface area contributed by atoms with Crippen LogP contribution in [0, 0.1) is 12.7 Å². The van der Waals surface area contributed by atoms with Crippen molar-refractivity contribution in [2.75, 3.05) is 17.3 Å². The summed E-state index contributed by atoms with van der Waals surface area (Å²) < 4.78 is 13.2. The average molecular weight is 312 g/mol. The second-order valence-corrected chi connectivity index (χ2v) is 6.06. The smallest absolute Gasteiger partial charge is 0.123 e. The van der Waals surface area contributed by atoms with Gasteiger partial charge in [-0.15, -0.1) is 11.3 Å². The molecule has 0 atom stereocenters. The fraction of sp³-hybridized carbons (Fsp3) is 0.111. The van der Waals surface area contributed by atoms with E-state index in [0.717, 1.165) is 27.6 Å². The van der Waals surface area contributed by atoms with Gasteiger partial charge in [0.25, 0.3) is 0 Å². The lowest BCUT2D eigenvalue weighted by atomic mass is 10.2. The second-order valence-electron chi connectivity index (χ2n) is 5.15. The summed E-state index contributed by atoms with van der Waals surface area (Å²) in [5.74, 6) is -0.210. The van der Waals surface area contributed by atoms with Crippen LogP contribution in [-0.4, -0.2) is 7.05 Å². The zero-order valence-electron chi connectivity index (χ0n) is 12.5. The largest absolute Gasteiger partial charge is 0.347 e. The van der Waals surface area contributed by atoms with Crippen molar-refractivity contribution in [2.45, 2.75) is 6.92 Å². The van der Waals surface area contributed by atoms with Crippen LogP contribution in [0.2, 0.25) is 0 Å². The van der Waals surface area contributed by atoms with E-state index in [1.54, 1.807) is 17.4 Å². The molecule has 1 heterocycles. The number of nitrogens with zero attached hydrogens (tertiary/aromatic N) is 1. The Morgan fingerprint density at radius 2 is 1.77 bits per heavy atom. The van der Waals surface area contributed by atoms with Crippen LogP contribution in [0.4, 0.5) is 26.5 Å². The van der Waals surface area contributed by atoms with Gasteiger partial charge in [0, 0.05) is 23.8 Å². The molecule has 112 valence electrons. The Labute approximate surface area is 133 Å². The van der Waals surface area contributed by atoms with Gasteiger partial charge in [-0.05, 0) is 48.9 Å². The summed E-state index contributed by atoms with van der Waals surface area (Å²) >= 11 is 1.63. The molecule has 0 saturated carbocycles. The van der Waals surface area contributed by atoms with Crippen molar-refractivity contribution in [3.63, 3.8) is 0 Å². The van der Waals surface area contributed by atoms with Gasteiger partial charge in [-0.3, -0.25) is 0 Å². The second kappa shape index (κ2) is 6.20. The van der Waals surface area contributed by atoms with Crippen molar-refractivity contribution in [3.05, 3.63) is 71.4 Å². The number of hydrogen-bond acceptors (Lipinski definition) is 3. The third kappa shape index (κ3) is 3.12. The summed E-state index contributed by atoms with van der Waals surface area (Å²) in [6.07, 6.45) is 0. The maximum Gasteiger partial charge on any atom is 0.123 e. The van der Waals surface area contributed by atoms with E-state index < -0.39 is 0 Å². The lowest BCUT2D eigenvalue weighted by molar-refractivity contribution is 0.627. The highest BCUT2D eigenvalue weighted by molar-refractivity contribution is 7.14. The van der Waals surface area contributed by atoms with Crippen LogP contribution in [0.3, 0.4) is 0 Å². The molecule has 1 aromatic heterocycles. The Morgan fingerprint density at radius 1 is 1.00 bits per heavy atom. The van der Waals surface area contributed by atoms with E-state index in [1.165, 1.54) is 12.1 Å². The summed E-state index contributed by atoms with van der Waals surface area (Å²) in [5, 5.41) is 6.49. The first-order chi connectivity index (χ1) is 10.6. The van der Waals surface area contributed by atoms with E-state index in [0.29, 0.717) is 0 Å². The van der Waals surface area contributed by atoms with Gasteiger partial charge >= 0.3 is 0 Å². The first-order valence-corrected chi connectivity index (χ1v) is 7.92. The van der Waals surface area contributed by atoms with Crippen molar-refractivity contribution in [1.29, 1.82) is 0 Å². The summed E-state index contributed by atoms with van der Waals surface area (Å²) in [4.78, 5) is 2.14. The van der Waals surface area contributed by atoms with Crippen LogP contribution >= 0.6 is 11.3 Å². The molecule has 0 aliphatic carbocycles. The Morgan fingerprint density at radius 3 is 2.50 bits per heavy atom. The molecule has 0 bridgehead atoms. The lowest BCUT2D eigenvalue weighted by Gasteiger charge is -2.17. The van der Waals surface area contributed by atoms with Crippen LogP contribution in [-0.2, 0) is 0 Å².